The van der Waals surface area contributed by atoms with Crippen molar-refractivity contribution in [3.8, 4) is 0 Å². The van der Waals surface area contributed by atoms with Crippen molar-refractivity contribution in [3.63, 3.8) is 0 Å². The second-order valence-corrected chi connectivity index (χ2v) is 7.89. The van der Waals surface area contributed by atoms with Crippen molar-refractivity contribution < 1.29 is 9.59 Å². The molecule has 29 heavy (non-hydrogen) atoms. The van der Waals surface area contributed by atoms with E-state index in [2.05, 4.69) is 36.1 Å². The van der Waals surface area contributed by atoms with Gasteiger partial charge in [-0.3, -0.25) is 14.5 Å². The fraction of sp³-hybridized carbons (Fsp3) is 0.231. The number of aryl methyl sites for hydroxylation is 1. The van der Waals surface area contributed by atoms with Crippen molar-refractivity contribution in [1.29, 1.82) is 0 Å². The molecular formula is C26H25NO2. The quantitative estimate of drug-likeness (QED) is 0.583. The van der Waals surface area contributed by atoms with E-state index in [-0.39, 0.29) is 23.5 Å². The molecule has 1 heterocycles. The third-order valence-electron chi connectivity index (χ3n) is 5.91. The lowest BCUT2D eigenvalue weighted by atomic mass is 9.78. The monoisotopic (exact) mass is 383 g/mol. The molecule has 1 saturated heterocycles. The zero-order valence-electron chi connectivity index (χ0n) is 16.8. The molecule has 0 aliphatic carbocycles. The normalized spacial score (nSPS) is 21.8. The van der Waals surface area contributed by atoms with Crippen molar-refractivity contribution in [2.24, 2.45) is 11.8 Å². The Bertz CT molecular complexity index is 996. The number of rotatable bonds is 5. The Kier molecular flexibility index (Phi) is 5.41. The summed E-state index contributed by atoms with van der Waals surface area (Å²) in [6.07, 6.45) is 0. The lowest BCUT2D eigenvalue weighted by molar-refractivity contribution is 0.0785. The largest absolute Gasteiger partial charge is 0.298 e. The van der Waals surface area contributed by atoms with Crippen LogP contribution in [0.1, 0.15) is 37.9 Å². The molecule has 0 saturated carbocycles. The summed E-state index contributed by atoms with van der Waals surface area (Å²) in [7, 11) is 2.01. The van der Waals surface area contributed by atoms with Crippen LogP contribution in [-0.4, -0.2) is 30.1 Å². The van der Waals surface area contributed by atoms with Gasteiger partial charge in [0, 0.05) is 29.6 Å². The molecule has 0 unspecified atom stereocenters. The molecule has 0 bridgehead atoms. The van der Waals surface area contributed by atoms with Crippen LogP contribution in [0.25, 0.3) is 0 Å². The average Bonchev–Trinajstić information content (AvgIpc) is 3.11. The lowest BCUT2D eigenvalue weighted by Crippen LogP contribution is -2.30. The molecule has 3 atom stereocenters. The van der Waals surface area contributed by atoms with Gasteiger partial charge in [0.05, 0.1) is 5.92 Å². The molecule has 1 aliphatic heterocycles. The van der Waals surface area contributed by atoms with Gasteiger partial charge in [0.2, 0.25) is 0 Å². The SMILES string of the molecule is Cc1ccc([C@@H]2[C@H](C(=O)c3ccccc3)[C@@H](C(=O)c3ccccc3)CN2C)cc1. The maximum Gasteiger partial charge on any atom is 0.168 e. The number of likely N-dealkylation sites (tertiary alicyclic amines) is 1. The number of Topliss-reactive ketones (excluding diaryl/α,β-unsaturated/α-hetero) is 2. The molecule has 0 aromatic heterocycles. The Labute approximate surface area is 172 Å². The number of hydrogen-bond donors (Lipinski definition) is 0. The van der Waals surface area contributed by atoms with E-state index in [1.54, 1.807) is 0 Å². The summed E-state index contributed by atoms with van der Waals surface area (Å²) >= 11 is 0. The zero-order chi connectivity index (χ0) is 20.4. The van der Waals surface area contributed by atoms with Crippen molar-refractivity contribution in [2.75, 3.05) is 13.6 Å². The van der Waals surface area contributed by atoms with Gasteiger partial charge in [-0.1, -0.05) is 90.5 Å². The molecule has 1 fully saturated rings. The smallest absolute Gasteiger partial charge is 0.168 e. The van der Waals surface area contributed by atoms with Gasteiger partial charge in [0.25, 0.3) is 0 Å². The van der Waals surface area contributed by atoms with E-state index >= 15 is 0 Å². The number of benzene rings is 3. The van der Waals surface area contributed by atoms with Crippen LogP contribution in [0, 0.1) is 18.8 Å². The van der Waals surface area contributed by atoms with Crippen LogP contribution in [0.5, 0.6) is 0 Å². The summed E-state index contributed by atoms with van der Waals surface area (Å²) in [4.78, 5) is 29.2. The van der Waals surface area contributed by atoms with Crippen molar-refractivity contribution in [2.45, 2.75) is 13.0 Å². The van der Waals surface area contributed by atoms with Crippen molar-refractivity contribution in [1.82, 2.24) is 4.90 Å². The van der Waals surface area contributed by atoms with Crippen LogP contribution >= 0.6 is 0 Å². The predicted molar refractivity (Wildman–Crippen MR) is 115 cm³/mol. The van der Waals surface area contributed by atoms with E-state index in [1.807, 2.05) is 67.7 Å². The number of carbonyl (C=O) groups is 2. The van der Waals surface area contributed by atoms with Gasteiger partial charge in [-0.25, -0.2) is 0 Å². The molecule has 3 aromatic carbocycles. The fourth-order valence-electron chi connectivity index (χ4n) is 4.44. The van der Waals surface area contributed by atoms with E-state index in [0.29, 0.717) is 17.7 Å². The first-order chi connectivity index (χ1) is 14.1. The Morgan fingerprint density at radius 2 is 1.28 bits per heavy atom. The zero-order valence-corrected chi connectivity index (χ0v) is 16.8. The van der Waals surface area contributed by atoms with Gasteiger partial charge < -0.3 is 0 Å². The summed E-state index contributed by atoms with van der Waals surface area (Å²) in [5.74, 6) is -0.713. The molecule has 0 amide bonds. The van der Waals surface area contributed by atoms with Crippen molar-refractivity contribution >= 4 is 11.6 Å². The highest BCUT2D eigenvalue weighted by Gasteiger charge is 2.48. The molecule has 0 radical (unpaired) electrons. The number of hydrogen-bond acceptors (Lipinski definition) is 3. The Morgan fingerprint density at radius 3 is 1.83 bits per heavy atom. The maximum absolute atomic E-state index is 13.6. The highest BCUT2D eigenvalue weighted by Crippen LogP contribution is 2.43. The van der Waals surface area contributed by atoms with Gasteiger partial charge in [-0.15, -0.1) is 0 Å². The standard InChI is InChI=1S/C26H25NO2/c1-18-13-15-19(16-14-18)24-23(26(29)21-11-7-4-8-12-21)22(17-27(24)2)25(28)20-9-5-3-6-10-20/h3-16,22-24H,17H2,1-2H3/t22-,23+,24+/m0/s1. The van der Waals surface area contributed by atoms with Crippen LogP contribution in [-0.2, 0) is 0 Å². The second kappa shape index (κ2) is 8.14. The predicted octanol–water partition coefficient (Wildman–Crippen LogP) is 4.98. The van der Waals surface area contributed by atoms with Crippen LogP contribution in [0.3, 0.4) is 0 Å². The van der Waals surface area contributed by atoms with Gasteiger partial charge in [0.15, 0.2) is 11.6 Å². The molecule has 0 N–H and O–H groups in total. The highest BCUT2D eigenvalue weighted by molar-refractivity contribution is 6.05. The molecule has 4 rings (SSSR count). The van der Waals surface area contributed by atoms with Gasteiger partial charge in [-0.05, 0) is 19.5 Å². The second-order valence-electron chi connectivity index (χ2n) is 7.89. The van der Waals surface area contributed by atoms with Crippen LogP contribution < -0.4 is 0 Å². The first-order valence-electron chi connectivity index (χ1n) is 10.0. The minimum atomic E-state index is -0.419. The summed E-state index contributed by atoms with van der Waals surface area (Å²) < 4.78 is 0. The number of ketones is 2. The topological polar surface area (TPSA) is 37.4 Å². The summed E-state index contributed by atoms with van der Waals surface area (Å²) in [5.41, 5.74) is 3.59. The molecular weight excluding hydrogens is 358 g/mol. The molecule has 1 aliphatic rings. The first kappa shape index (κ1) is 19.3. The highest BCUT2D eigenvalue weighted by atomic mass is 16.1. The Hall–Kier alpha value is -3.04. The van der Waals surface area contributed by atoms with E-state index in [9.17, 15) is 9.59 Å². The first-order valence-corrected chi connectivity index (χ1v) is 10.0. The van der Waals surface area contributed by atoms with E-state index < -0.39 is 5.92 Å². The average molecular weight is 383 g/mol. The molecule has 0 spiro atoms. The molecule has 146 valence electrons. The molecule has 3 nitrogen and oxygen atoms in total. The van der Waals surface area contributed by atoms with Crippen LogP contribution in [0.15, 0.2) is 84.9 Å². The maximum atomic E-state index is 13.6. The van der Waals surface area contributed by atoms with Crippen molar-refractivity contribution in [3.05, 3.63) is 107 Å². The number of carbonyl (C=O) groups excluding carboxylic acids is 2. The van der Waals surface area contributed by atoms with E-state index in [0.717, 1.165) is 5.56 Å². The molecule has 3 aromatic rings. The van der Waals surface area contributed by atoms with Gasteiger partial charge in [-0.2, -0.15) is 0 Å². The van der Waals surface area contributed by atoms with E-state index in [1.165, 1.54) is 5.56 Å². The lowest BCUT2D eigenvalue weighted by Gasteiger charge is -2.26. The Balaban J connectivity index is 1.77. The Morgan fingerprint density at radius 1 is 0.759 bits per heavy atom. The minimum Gasteiger partial charge on any atom is -0.298 e. The van der Waals surface area contributed by atoms with Crippen LogP contribution in [0.4, 0.5) is 0 Å². The fourth-order valence-corrected chi connectivity index (χ4v) is 4.44. The van der Waals surface area contributed by atoms with Gasteiger partial charge >= 0.3 is 0 Å². The minimum absolute atomic E-state index is 0.0369. The third kappa shape index (κ3) is 3.79. The van der Waals surface area contributed by atoms with Crippen LogP contribution in [0.2, 0.25) is 0 Å². The summed E-state index contributed by atoms with van der Waals surface area (Å²) in [6, 6.07) is 26.8. The number of nitrogens with zero attached hydrogens (tertiary/aromatic N) is 1. The van der Waals surface area contributed by atoms with Gasteiger partial charge in [0.1, 0.15) is 0 Å². The molecule has 3 heteroatoms. The summed E-state index contributed by atoms with van der Waals surface area (Å²) in [5, 5.41) is 0. The van der Waals surface area contributed by atoms with E-state index in [4.69, 9.17) is 0 Å². The third-order valence-corrected chi connectivity index (χ3v) is 5.91. The summed E-state index contributed by atoms with van der Waals surface area (Å²) in [6.45, 7) is 2.62.